The summed E-state index contributed by atoms with van der Waals surface area (Å²) in [4.78, 5) is 11.9. The summed E-state index contributed by atoms with van der Waals surface area (Å²) >= 11 is 0. The molecule has 8 heteroatoms. The monoisotopic (exact) mass is 402 g/mol. The van der Waals surface area contributed by atoms with E-state index in [1.165, 1.54) is 9.87 Å². The summed E-state index contributed by atoms with van der Waals surface area (Å²) in [7, 11) is -1.81. The number of amides is 1. The van der Waals surface area contributed by atoms with Crippen LogP contribution in [0.25, 0.3) is 10.8 Å². The highest BCUT2D eigenvalue weighted by Gasteiger charge is 2.49. The number of piperazine rings is 3. The first-order valence-corrected chi connectivity index (χ1v) is 11.2. The van der Waals surface area contributed by atoms with Crippen molar-refractivity contribution >= 4 is 32.4 Å². The maximum atomic E-state index is 12.7. The number of nitrogens with zero attached hydrogens (tertiary/aromatic N) is 3. The average molecular weight is 403 g/mol. The van der Waals surface area contributed by atoms with Crippen LogP contribution >= 0.6 is 0 Å². The molecular weight excluding hydrogens is 376 g/mol. The molecule has 4 aliphatic heterocycles. The van der Waals surface area contributed by atoms with Crippen LogP contribution in [0.5, 0.6) is 0 Å². The summed E-state index contributed by atoms with van der Waals surface area (Å²) in [5, 5.41) is 1.90. The van der Waals surface area contributed by atoms with E-state index < -0.39 is 10.0 Å². The van der Waals surface area contributed by atoms with Crippen molar-refractivity contribution in [1.82, 2.24) is 0 Å². The van der Waals surface area contributed by atoms with Crippen LogP contribution in [0.4, 0.5) is 5.69 Å². The highest BCUT2D eigenvalue weighted by atomic mass is 32.2. The minimum atomic E-state index is -3.44. The predicted octanol–water partition coefficient (Wildman–Crippen LogP) is 0.624. The molecule has 7 nitrogen and oxygen atoms in total. The highest BCUT2D eigenvalue weighted by molar-refractivity contribution is 7.93. The quantitative estimate of drug-likeness (QED) is 0.762. The van der Waals surface area contributed by atoms with Crippen LogP contribution in [0, 0.1) is 0 Å². The number of sulfonamides is 1. The Balaban J connectivity index is 1.50. The Bertz CT molecular complexity index is 1090. The molecular formula is C20H26N4O3S+2. The molecule has 0 unspecified atom stereocenters. The van der Waals surface area contributed by atoms with E-state index in [0.29, 0.717) is 11.4 Å². The number of primary amides is 1. The number of hydrogen-bond acceptors (Lipinski definition) is 3. The van der Waals surface area contributed by atoms with E-state index in [1.807, 2.05) is 24.3 Å². The first-order valence-electron chi connectivity index (χ1n) is 9.78. The van der Waals surface area contributed by atoms with Gasteiger partial charge in [0.05, 0.1) is 10.6 Å². The number of carbonyl (C=O) groups excluding carboxylic acids is 1. The van der Waals surface area contributed by atoms with E-state index in [0.717, 1.165) is 71.2 Å². The number of fused-ring (bicyclic) bond motifs is 3. The van der Waals surface area contributed by atoms with Gasteiger partial charge in [0.1, 0.15) is 45.8 Å². The molecule has 0 aromatic heterocycles. The number of rotatable bonds is 4. The number of anilines is 1. The lowest BCUT2D eigenvalue weighted by molar-refractivity contribution is -1.08. The zero-order valence-electron chi connectivity index (χ0n) is 16.1. The molecule has 0 aliphatic carbocycles. The lowest BCUT2D eigenvalue weighted by atomic mass is 9.99. The summed E-state index contributed by atoms with van der Waals surface area (Å²) in [5.74, 6) is -0.209. The van der Waals surface area contributed by atoms with E-state index in [-0.39, 0.29) is 5.91 Å². The third-order valence-electron chi connectivity index (χ3n) is 7.19. The number of benzene rings is 2. The maximum Gasteiger partial charge on any atom is 0.272 e. The standard InChI is InChI=1S/C20H25N4O3S/c1-22-17-4-2-3-16-15(5-6-18(20(16)17)28(22,26)27)13-23-7-10-24(11-8-23,12-9-23)14-19(21)25/h2-6H,7-14H2,1H3,(H-,21,25)/q+1/p+1. The number of carbonyl (C=O) groups is 1. The fourth-order valence-corrected chi connectivity index (χ4v) is 6.84. The lowest BCUT2D eigenvalue weighted by Gasteiger charge is -2.55. The first-order chi connectivity index (χ1) is 13.3. The molecule has 2 N–H and O–H groups in total. The Morgan fingerprint density at radius 3 is 2.32 bits per heavy atom. The van der Waals surface area contributed by atoms with Crippen molar-refractivity contribution in [3.63, 3.8) is 0 Å². The smallest absolute Gasteiger partial charge is 0.272 e. The van der Waals surface area contributed by atoms with Gasteiger partial charge in [-0.25, -0.2) is 8.42 Å². The second kappa shape index (κ2) is 5.68. The highest BCUT2D eigenvalue weighted by Crippen LogP contribution is 2.43. The van der Waals surface area contributed by atoms with Gasteiger partial charge in [-0.1, -0.05) is 18.2 Å². The minimum absolute atomic E-state index is 0.209. The molecule has 0 atom stereocenters. The lowest BCUT2D eigenvalue weighted by Crippen LogP contribution is -2.75. The number of hydrogen-bond donors (Lipinski definition) is 1. The molecule has 0 radical (unpaired) electrons. The average Bonchev–Trinajstić information content (AvgIpc) is 2.87. The van der Waals surface area contributed by atoms with Gasteiger partial charge in [0.15, 0.2) is 6.54 Å². The summed E-state index contributed by atoms with van der Waals surface area (Å²) in [6.45, 7) is 7.42. The summed E-state index contributed by atoms with van der Waals surface area (Å²) in [6, 6.07) is 9.65. The van der Waals surface area contributed by atoms with Crippen molar-refractivity contribution in [1.29, 1.82) is 0 Å². The van der Waals surface area contributed by atoms with Crippen LogP contribution in [0.15, 0.2) is 35.2 Å². The molecule has 3 fully saturated rings. The SMILES string of the molecule is CN1c2cccc3c(C[N+]45CC[N+](CC(N)=O)(CC4)CC5)ccc(c23)S1(=O)=O. The fourth-order valence-electron chi connectivity index (χ4n) is 5.42. The Morgan fingerprint density at radius 1 is 1.04 bits per heavy atom. The zero-order valence-corrected chi connectivity index (χ0v) is 16.9. The normalized spacial score (nSPS) is 30.1. The second-order valence-electron chi connectivity index (χ2n) is 8.70. The molecule has 2 aromatic carbocycles. The summed E-state index contributed by atoms with van der Waals surface area (Å²) in [5.41, 5.74) is 7.45. The van der Waals surface area contributed by atoms with Gasteiger partial charge in [-0.15, -0.1) is 0 Å². The minimum Gasteiger partial charge on any atom is -0.365 e. The van der Waals surface area contributed by atoms with E-state index in [9.17, 15) is 13.2 Å². The van der Waals surface area contributed by atoms with Gasteiger partial charge in [-0.2, -0.15) is 0 Å². The van der Waals surface area contributed by atoms with Crippen LogP contribution in [0.1, 0.15) is 5.56 Å². The molecule has 0 spiro atoms. The van der Waals surface area contributed by atoms with Gasteiger partial charge >= 0.3 is 0 Å². The number of nitrogens with two attached hydrogens (primary N) is 1. The third kappa shape index (κ3) is 2.41. The van der Waals surface area contributed by atoms with Gasteiger partial charge in [0.2, 0.25) is 0 Å². The number of quaternary nitrogens is 2. The van der Waals surface area contributed by atoms with Gasteiger partial charge in [-0.05, 0) is 17.5 Å². The molecule has 6 rings (SSSR count). The van der Waals surface area contributed by atoms with Crippen molar-refractivity contribution in [2.24, 2.45) is 5.73 Å². The second-order valence-corrected chi connectivity index (χ2v) is 10.6. The molecule has 4 aliphatic rings. The van der Waals surface area contributed by atoms with Crippen molar-refractivity contribution in [2.45, 2.75) is 11.4 Å². The van der Waals surface area contributed by atoms with Crippen molar-refractivity contribution in [3.05, 3.63) is 35.9 Å². The van der Waals surface area contributed by atoms with Crippen LogP contribution in [0.3, 0.4) is 0 Å². The molecule has 0 saturated carbocycles. The van der Waals surface area contributed by atoms with Gasteiger partial charge in [0.25, 0.3) is 15.9 Å². The Hall–Kier alpha value is -2.16. The Labute approximate surface area is 165 Å². The largest absolute Gasteiger partial charge is 0.365 e. The zero-order chi connectivity index (χ0) is 19.7. The first kappa shape index (κ1) is 17.9. The van der Waals surface area contributed by atoms with Crippen LogP contribution in [-0.4, -0.2) is 76.2 Å². The molecule has 2 aromatic rings. The predicted molar refractivity (Wildman–Crippen MR) is 107 cm³/mol. The van der Waals surface area contributed by atoms with E-state index in [4.69, 9.17) is 5.73 Å². The Kier molecular flexibility index (Phi) is 3.63. The Morgan fingerprint density at radius 2 is 1.68 bits per heavy atom. The molecule has 3 saturated heterocycles. The van der Waals surface area contributed by atoms with Crippen molar-refractivity contribution in [3.8, 4) is 0 Å². The van der Waals surface area contributed by atoms with Gasteiger partial charge < -0.3 is 14.7 Å². The molecule has 2 bridgehead atoms. The molecule has 1 amide bonds. The molecule has 148 valence electrons. The molecule has 28 heavy (non-hydrogen) atoms. The van der Waals surface area contributed by atoms with Crippen LogP contribution in [0.2, 0.25) is 0 Å². The van der Waals surface area contributed by atoms with Crippen molar-refractivity contribution < 1.29 is 22.2 Å². The summed E-state index contributed by atoms with van der Waals surface area (Å²) < 4.78 is 28.6. The van der Waals surface area contributed by atoms with Gasteiger partial charge in [0, 0.05) is 18.0 Å². The molecule has 4 heterocycles. The maximum absolute atomic E-state index is 12.7. The van der Waals surface area contributed by atoms with Crippen molar-refractivity contribution in [2.75, 3.05) is 57.2 Å². The van der Waals surface area contributed by atoms with Gasteiger partial charge in [-0.3, -0.25) is 9.10 Å². The van der Waals surface area contributed by atoms with E-state index >= 15 is 0 Å². The van der Waals surface area contributed by atoms with Crippen LogP contribution < -0.4 is 10.0 Å². The topological polar surface area (TPSA) is 80.5 Å². The van der Waals surface area contributed by atoms with E-state index in [1.54, 1.807) is 13.1 Å². The third-order valence-corrected chi connectivity index (χ3v) is 9.01. The fraction of sp³-hybridized carbons (Fsp3) is 0.450. The van der Waals surface area contributed by atoms with Crippen LogP contribution in [-0.2, 0) is 21.4 Å². The van der Waals surface area contributed by atoms with E-state index in [2.05, 4.69) is 0 Å². The summed E-state index contributed by atoms with van der Waals surface area (Å²) in [6.07, 6.45) is 0.